The van der Waals surface area contributed by atoms with Gasteiger partial charge in [-0.2, -0.15) is 0 Å². The van der Waals surface area contributed by atoms with Gasteiger partial charge in [-0.1, -0.05) is 0 Å². The van der Waals surface area contributed by atoms with Crippen LogP contribution < -0.4 is 4.72 Å². The van der Waals surface area contributed by atoms with Crippen LogP contribution in [0.4, 0.5) is 0 Å². The van der Waals surface area contributed by atoms with Crippen LogP contribution in [0.15, 0.2) is 0 Å². The van der Waals surface area contributed by atoms with Crippen molar-refractivity contribution in [1.29, 1.82) is 0 Å². The van der Waals surface area contributed by atoms with Crippen LogP contribution >= 0.6 is 0 Å². The number of nitrogens with zero attached hydrogens (tertiary/aromatic N) is 1. The van der Waals surface area contributed by atoms with E-state index in [0.29, 0.717) is 19.7 Å². The minimum absolute atomic E-state index is 0.0709. The molecule has 2 atom stereocenters. The molecule has 0 unspecified atom stereocenters. The number of nitrogens with one attached hydrogen (secondary N) is 1. The van der Waals surface area contributed by atoms with Crippen LogP contribution in [0, 0.1) is 5.92 Å². The van der Waals surface area contributed by atoms with Crippen molar-refractivity contribution in [2.75, 3.05) is 32.5 Å². The van der Waals surface area contributed by atoms with Gasteiger partial charge < -0.3 is 9.64 Å². The van der Waals surface area contributed by atoms with Crippen LogP contribution in [0.3, 0.4) is 0 Å². The van der Waals surface area contributed by atoms with E-state index in [-0.39, 0.29) is 17.9 Å². The number of carbonyl (C=O) groups excluding carboxylic acids is 1. The first kappa shape index (κ1) is 14.7. The number of carbonyl (C=O) groups is 1. The van der Waals surface area contributed by atoms with Gasteiger partial charge in [-0.25, -0.2) is 13.1 Å². The average molecular weight is 290 g/mol. The minimum atomic E-state index is -3.16. The van der Waals surface area contributed by atoms with Gasteiger partial charge in [-0.3, -0.25) is 4.79 Å². The van der Waals surface area contributed by atoms with E-state index in [1.165, 1.54) is 0 Å². The highest BCUT2D eigenvalue weighted by Gasteiger charge is 2.31. The maximum absolute atomic E-state index is 12.2. The summed E-state index contributed by atoms with van der Waals surface area (Å²) in [6, 6.07) is 0. The first-order chi connectivity index (χ1) is 8.96. The van der Waals surface area contributed by atoms with Crippen molar-refractivity contribution < 1.29 is 17.9 Å². The van der Waals surface area contributed by atoms with Crippen LogP contribution in [0.25, 0.3) is 0 Å². The molecule has 1 amide bonds. The van der Waals surface area contributed by atoms with Crippen molar-refractivity contribution in [2.24, 2.45) is 5.92 Å². The fraction of sp³-hybridized carbons (Fsp3) is 0.917. The molecule has 0 radical (unpaired) electrons. The molecule has 0 saturated carbocycles. The zero-order valence-corrected chi connectivity index (χ0v) is 12.1. The summed E-state index contributed by atoms with van der Waals surface area (Å²) in [5.41, 5.74) is 0. The number of likely N-dealkylation sites (tertiary alicyclic amines) is 1. The molecule has 2 aliphatic rings. The fourth-order valence-electron chi connectivity index (χ4n) is 2.68. The summed E-state index contributed by atoms with van der Waals surface area (Å²) in [6.45, 7) is 2.47. The maximum atomic E-state index is 12.2. The molecule has 0 aromatic carbocycles. The van der Waals surface area contributed by atoms with Gasteiger partial charge in [-0.15, -0.1) is 0 Å². The van der Waals surface area contributed by atoms with Gasteiger partial charge in [0, 0.05) is 26.2 Å². The topological polar surface area (TPSA) is 75.7 Å². The summed E-state index contributed by atoms with van der Waals surface area (Å²) < 4.78 is 30.1. The monoisotopic (exact) mass is 290 g/mol. The van der Waals surface area contributed by atoms with E-state index in [4.69, 9.17) is 4.74 Å². The molecule has 1 N–H and O–H groups in total. The molecule has 2 saturated heterocycles. The SMILES string of the molecule is CS(=O)(=O)NC[C@@H]1CCCN(C(=O)[C@@H]2CCCO2)C1. The molecule has 2 rings (SSSR count). The number of amides is 1. The average Bonchev–Trinajstić information content (AvgIpc) is 2.89. The van der Waals surface area contributed by atoms with Crippen molar-refractivity contribution >= 4 is 15.9 Å². The number of hydrogen-bond acceptors (Lipinski definition) is 4. The molecule has 6 nitrogen and oxygen atoms in total. The lowest BCUT2D eigenvalue weighted by molar-refractivity contribution is -0.142. The lowest BCUT2D eigenvalue weighted by atomic mass is 9.98. The Morgan fingerprint density at radius 3 is 2.79 bits per heavy atom. The lowest BCUT2D eigenvalue weighted by Gasteiger charge is -2.34. The van der Waals surface area contributed by atoms with Crippen molar-refractivity contribution in [1.82, 2.24) is 9.62 Å². The number of rotatable bonds is 4. The third-order valence-electron chi connectivity index (χ3n) is 3.67. The summed E-state index contributed by atoms with van der Waals surface area (Å²) in [6.07, 6.45) is 4.52. The molecule has 0 aromatic heterocycles. The van der Waals surface area contributed by atoms with Gasteiger partial charge in [0.1, 0.15) is 6.10 Å². The maximum Gasteiger partial charge on any atom is 0.251 e. The van der Waals surface area contributed by atoms with E-state index in [1.807, 2.05) is 4.90 Å². The van der Waals surface area contributed by atoms with Gasteiger partial charge in [0.25, 0.3) is 5.91 Å². The smallest absolute Gasteiger partial charge is 0.251 e. The van der Waals surface area contributed by atoms with Crippen molar-refractivity contribution in [2.45, 2.75) is 31.8 Å². The van der Waals surface area contributed by atoms with Crippen molar-refractivity contribution in [3.8, 4) is 0 Å². The highest BCUT2D eigenvalue weighted by molar-refractivity contribution is 7.88. The molecule has 19 heavy (non-hydrogen) atoms. The summed E-state index contributed by atoms with van der Waals surface area (Å²) in [5.74, 6) is 0.274. The second kappa shape index (κ2) is 6.19. The predicted molar refractivity (Wildman–Crippen MR) is 71.1 cm³/mol. The van der Waals surface area contributed by atoms with E-state index in [1.54, 1.807) is 0 Å². The molecular weight excluding hydrogens is 268 g/mol. The minimum Gasteiger partial charge on any atom is -0.368 e. The Balaban J connectivity index is 1.84. The molecule has 2 fully saturated rings. The molecule has 2 heterocycles. The molecule has 7 heteroatoms. The van der Waals surface area contributed by atoms with E-state index >= 15 is 0 Å². The highest BCUT2D eigenvalue weighted by Crippen LogP contribution is 2.20. The normalized spacial score (nSPS) is 28.6. The van der Waals surface area contributed by atoms with Crippen LogP contribution in [-0.2, 0) is 19.6 Å². The van der Waals surface area contributed by atoms with Gasteiger partial charge in [0.15, 0.2) is 0 Å². The third-order valence-corrected chi connectivity index (χ3v) is 4.36. The second-order valence-corrected chi connectivity index (χ2v) is 7.25. The molecule has 2 aliphatic heterocycles. The zero-order chi connectivity index (χ0) is 13.9. The number of piperidine rings is 1. The standard InChI is InChI=1S/C12H22N2O4S/c1-19(16,17)13-8-10-4-2-6-14(9-10)12(15)11-5-3-7-18-11/h10-11,13H,2-9H2,1H3/t10-,11-/m0/s1. The Kier molecular flexibility index (Phi) is 4.81. The summed E-state index contributed by atoms with van der Waals surface area (Å²) in [7, 11) is -3.16. The zero-order valence-electron chi connectivity index (χ0n) is 11.3. The number of ether oxygens (including phenoxy) is 1. The summed E-state index contributed by atoms with van der Waals surface area (Å²) in [4.78, 5) is 14.0. The second-order valence-electron chi connectivity index (χ2n) is 5.41. The Labute approximate surface area is 114 Å². The number of hydrogen-bond donors (Lipinski definition) is 1. The third kappa shape index (κ3) is 4.43. The van der Waals surface area contributed by atoms with Gasteiger partial charge in [0.2, 0.25) is 10.0 Å². The van der Waals surface area contributed by atoms with Gasteiger partial charge in [-0.05, 0) is 31.6 Å². The Hall–Kier alpha value is -0.660. The first-order valence-corrected chi connectivity index (χ1v) is 8.70. The van der Waals surface area contributed by atoms with E-state index in [9.17, 15) is 13.2 Å². The lowest BCUT2D eigenvalue weighted by Crippen LogP contribution is -2.47. The van der Waals surface area contributed by atoms with Gasteiger partial charge in [0.05, 0.1) is 6.26 Å². The van der Waals surface area contributed by atoms with E-state index < -0.39 is 10.0 Å². The van der Waals surface area contributed by atoms with Crippen molar-refractivity contribution in [3.05, 3.63) is 0 Å². The highest BCUT2D eigenvalue weighted by atomic mass is 32.2. The Morgan fingerprint density at radius 1 is 1.37 bits per heavy atom. The summed E-state index contributed by atoms with van der Waals surface area (Å²) in [5, 5.41) is 0. The van der Waals surface area contributed by atoms with Crippen LogP contribution in [-0.4, -0.2) is 57.8 Å². The van der Waals surface area contributed by atoms with Crippen LogP contribution in [0.2, 0.25) is 0 Å². The van der Waals surface area contributed by atoms with E-state index in [0.717, 1.165) is 38.5 Å². The Morgan fingerprint density at radius 2 is 2.16 bits per heavy atom. The molecule has 0 bridgehead atoms. The summed E-state index contributed by atoms with van der Waals surface area (Å²) >= 11 is 0. The number of sulfonamides is 1. The first-order valence-electron chi connectivity index (χ1n) is 6.81. The van der Waals surface area contributed by atoms with Crippen LogP contribution in [0.5, 0.6) is 0 Å². The molecule has 0 aromatic rings. The van der Waals surface area contributed by atoms with Crippen LogP contribution in [0.1, 0.15) is 25.7 Å². The fourth-order valence-corrected chi connectivity index (χ4v) is 3.22. The largest absolute Gasteiger partial charge is 0.368 e. The molecular formula is C12H22N2O4S. The molecule has 0 spiro atoms. The predicted octanol–water partition coefficient (Wildman–Crippen LogP) is -0.0468. The van der Waals surface area contributed by atoms with Gasteiger partial charge >= 0.3 is 0 Å². The van der Waals surface area contributed by atoms with E-state index in [2.05, 4.69) is 4.72 Å². The Bertz CT molecular complexity index is 417. The quantitative estimate of drug-likeness (QED) is 0.788. The van der Waals surface area contributed by atoms with Crippen molar-refractivity contribution in [3.63, 3.8) is 0 Å². The molecule has 0 aliphatic carbocycles. The molecule has 110 valence electrons.